The first kappa shape index (κ1) is 15.4. The average Bonchev–Trinajstić information content (AvgIpc) is 2.68. The van der Waals surface area contributed by atoms with Gasteiger partial charge in [0.15, 0.2) is 0 Å². The molecule has 0 saturated heterocycles. The minimum absolute atomic E-state index is 0.0309. The lowest BCUT2D eigenvalue weighted by atomic mass is 10.2. The van der Waals surface area contributed by atoms with E-state index in [-0.39, 0.29) is 21.2 Å². The van der Waals surface area contributed by atoms with E-state index < -0.39 is 16.0 Å². The van der Waals surface area contributed by atoms with Crippen LogP contribution in [0.4, 0.5) is 5.69 Å². The summed E-state index contributed by atoms with van der Waals surface area (Å²) in [7, 11) is -3.97. The highest BCUT2D eigenvalue weighted by Crippen LogP contribution is 2.27. The second-order valence-electron chi connectivity index (χ2n) is 4.55. The summed E-state index contributed by atoms with van der Waals surface area (Å²) in [5.41, 5.74) is 1.02. The molecule has 6 nitrogen and oxygen atoms in total. The molecular weight excluding hydrogens is 316 g/mol. The minimum Gasteiger partial charge on any atom is -0.478 e. The molecule has 0 amide bonds. The van der Waals surface area contributed by atoms with Crippen molar-refractivity contribution in [3.8, 4) is 0 Å². The first-order chi connectivity index (χ1) is 9.72. The molecule has 2 rings (SSSR count). The van der Waals surface area contributed by atoms with Crippen LogP contribution in [0.15, 0.2) is 29.3 Å². The molecule has 0 fully saturated rings. The fourth-order valence-corrected chi connectivity index (χ4v) is 3.57. The molecule has 0 unspecified atom stereocenters. The Morgan fingerprint density at radius 3 is 2.57 bits per heavy atom. The number of nitrogens with one attached hydrogen (secondary N) is 2. The molecule has 0 radical (unpaired) electrons. The Hall–Kier alpha value is -1.99. The Bertz CT molecular complexity index is 812. The van der Waals surface area contributed by atoms with Gasteiger partial charge in [-0.1, -0.05) is 17.7 Å². The monoisotopic (exact) mass is 328 g/mol. The van der Waals surface area contributed by atoms with E-state index >= 15 is 0 Å². The smallest absolute Gasteiger partial charge is 0.339 e. The number of carbonyl (C=O) groups is 1. The quantitative estimate of drug-likeness (QED) is 0.803. The second kappa shape index (κ2) is 5.42. The molecule has 21 heavy (non-hydrogen) atoms. The first-order valence-corrected chi connectivity index (χ1v) is 7.78. The number of sulfonamides is 1. The van der Waals surface area contributed by atoms with Crippen LogP contribution in [0.5, 0.6) is 0 Å². The van der Waals surface area contributed by atoms with Gasteiger partial charge in [0.05, 0.1) is 10.7 Å². The summed E-state index contributed by atoms with van der Waals surface area (Å²) >= 11 is 5.94. The van der Waals surface area contributed by atoms with Crippen LogP contribution in [0, 0.1) is 13.8 Å². The van der Waals surface area contributed by atoms with Gasteiger partial charge in [-0.2, -0.15) is 0 Å². The molecule has 8 heteroatoms. The van der Waals surface area contributed by atoms with Crippen molar-refractivity contribution in [1.29, 1.82) is 0 Å². The third kappa shape index (κ3) is 3.03. The van der Waals surface area contributed by atoms with Gasteiger partial charge in [-0.3, -0.25) is 4.72 Å². The van der Waals surface area contributed by atoms with Crippen LogP contribution in [-0.2, 0) is 10.0 Å². The van der Waals surface area contributed by atoms with Crippen molar-refractivity contribution >= 4 is 33.3 Å². The molecule has 0 aliphatic heterocycles. The van der Waals surface area contributed by atoms with Gasteiger partial charge >= 0.3 is 5.97 Å². The van der Waals surface area contributed by atoms with Gasteiger partial charge in [0.2, 0.25) is 0 Å². The lowest BCUT2D eigenvalue weighted by molar-refractivity contribution is 0.0697. The first-order valence-electron chi connectivity index (χ1n) is 5.92. The van der Waals surface area contributed by atoms with Gasteiger partial charge in [0.25, 0.3) is 10.0 Å². The van der Waals surface area contributed by atoms with Gasteiger partial charge in [-0.25, -0.2) is 13.2 Å². The van der Waals surface area contributed by atoms with Crippen molar-refractivity contribution in [1.82, 2.24) is 4.98 Å². The standard InChI is InChI=1S/C13H13ClN2O4S/c1-7-3-4-11(9(14)5-7)21(19,20)16-10-6-15-8(2)12(10)13(17)18/h3-6,15-16H,1-2H3,(H,17,18). The molecule has 0 spiro atoms. The number of aromatic amines is 1. The predicted octanol–water partition coefficient (Wildman–Crippen LogP) is 2.78. The van der Waals surface area contributed by atoms with Crippen LogP contribution in [-0.4, -0.2) is 24.5 Å². The maximum atomic E-state index is 12.3. The molecule has 1 aromatic carbocycles. The predicted molar refractivity (Wildman–Crippen MR) is 79.5 cm³/mol. The van der Waals surface area contributed by atoms with Crippen molar-refractivity contribution in [2.45, 2.75) is 18.7 Å². The molecule has 0 aliphatic carbocycles. The summed E-state index contributed by atoms with van der Waals surface area (Å²) < 4.78 is 26.9. The molecule has 2 aromatic rings. The number of hydrogen-bond acceptors (Lipinski definition) is 3. The number of rotatable bonds is 4. The zero-order chi connectivity index (χ0) is 15.8. The minimum atomic E-state index is -3.97. The van der Waals surface area contributed by atoms with E-state index in [4.69, 9.17) is 16.7 Å². The van der Waals surface area contributed by atoms with Crippen LogP contribution in [0.1, 0.15) is 21.6 Å². The summed E-state index contributed by atoms with van der Waals surface area (Å²) in [6, 6.07) is 4.51. The van der Waals surface area contributed by atoms with Crippen molar-refractivity contribution < 1.29 is 18.3 Å². The third-order valence-electron chi connectivity index (χ3n) is 2.91. The number of halogens is 1. The summed E-state index contributed by atoms with van der Waals surface area (Å²) in [4.78, 5) is 13.7. The third-order valence-corrected chi connectivity index (χ3v) is 4.76. The molecule has 0 atom stereocenters. The van der Waals surface area contributed by atoms with Crippen molar-refractivity contribution in [3.63, 3.8) is 0 Å². The number of hydrogen-bond donors (Lipinski definition) is 3. The average molecular weight is 329 g/mol. The molecule has 0 aliphatic rings. The Balaban J connectivity index is 2.45. The summed E-state index contributed by atoms with van der Waals surface area (Å²) in [6.45, 7) is 3.33. The molecule has 1 aromatic heterocycles. The molecule has 0 saturated carbocycles. The number of carboxylic acid groups (broad SMARTS) is 1. The zero-order valence-electron chi connectivity index (χ0n) is 11.3. The van der Waals surface area contributed by atoms with E-state index in [0.29, 0.717) is 5.69 Å². The van der Waals surface area contributed by atoms with E-state index in [1.165, 1.54) is 18.3 Å². The van der Waals surface area contributed by atoms with Crippen molar-refractivity contribution in [3.05, 3.63) is 46.2 Å². The summed E-state index contributed by atoms with van der Waals surface area (Å²) in [5.74, 6) is -1.22. The zero-order valence-corrected chi connectivity index (χ0v) is 12.8. The van der Waals surface area contributed by atoms with Gasteiger partial charge in [0.1, 0.15) is 10.5 Å². The van der Waals surface area contributed by atoms with Crippen LogP contribution >= 0.6 is 11.6 Å². The SMILES string of the molecule is Cc1ccc(S(=O)(=O)Nc2c[nH]c(C)c2C(=O)O)c(Cl)c1. The van der Waals surface area contributed by atoms with E-state index in [9.17, 15) is 13.2 Å². The number of aromatic nitrogens is 1. The lowest BCUT2D eigenvalue weighted by Crippen LogP contribution is -2.15. The Morgan fingerprint density at radius 1 is 1.33 bits per heavy atom. The molecule has 3 N–H and O–H groups in total. The molecule has 112 valence electrons. The number of benzene rings is 1. The number of aromatic carboxylic acids is 1. The van der Waals surface area contributed by atoms with Gasteiger partial charge in [-0.05, 0) is 31.5 Å². The largest absolute Gasteiger partial charge is 0.478 e. The Kier molecular flexibility index (Phi) is 3.97. The van der Waals surface area contributed by atoms with Crippen LogP contribution in [0.3, 0.4) is 0 Å². The van der Waals surface area contributed by atoms with E-state index in [2.05, 4.69) is 9.71 Å². The highest BCUT2D eigenvalue weighted by molar-refractivity contribution is 7.92. The summed E-state index contributed by atoms with van der Waals surface area (Å²) in [6.07, 6.45) is 1.29. The molecular formula is C13H13ClN2O4S. The normalized spacial score (nSPS) is 11.4. The molecule has 0 bridgehead atoms. The van der Waals surface area contributed by atoms with Gasteiger partial charge < -0.3 is 10.1 Å². The van der Waals surface area contributed by atoms with E-state index in [1.54, 1.807) is 19.9 Å². The number of aryl methyl sites for hydroxylation is 2. The van der Waals surface area contributed by atoms with Crippen molar-refractivity contribution in [2.75, 3.05) is 4.72 Å². The topological polar surface area (TPSA) is 99.3 Å². The fraction of sp³-hybridized carbons (Fsp3) is 0.154. The fourth-order valence-electron chi connectivity index (χ4n) is 1.91. The Morgan fingerprint density at radius 2 is 2.00 bits per heavy atom. The molecule has 1 heterocycles. The summed E-state index contributed by atoms with van der Waals surface area (Å²) in [5, 5.41) is 9.19. The lowest BCUT2D eigenvalue weighted by Gasteiger charge is -2.09. The number of carboxylic acids is 1. The van der Waals surface area contributed by atoms with E-state index in [0.717, 1.165) is 5.56 Å². The maximum Gasteiger partial charge on any atom is 0.339 e. The van der Waals surface area contributed by atoms with Crippen molar-refractivity contribution in [2.24, 2.45) is 0 Å². The van der Waals surface area contributed by atoms with Gasteiger partial charge in [-0.15, -0.1) is 0 Å². The van der Waals surface area contributed by atoms with Crippen LogP contribution in [0.2, 0.25) is 5.02 Å². The van der Waals surface area contributed by atoms with Crippen LogP contribution < -0.4 is 4.72 Å². The maximum absolute atomic E-state index is 12.3. The second-order valence-corrected chi connectivity index (χ2v) is 6.60. The van der Waals surface area contributed by atoms with Gasteiger partial charge in [0, 0.05) is 11.9 Å². The highest BCUT2D eigenvalue weighted by atomic mass is 35.5. The van der Waals surface area contributed by atoms with Crippen LogP contribution in [0.25, 0.3) is 0 Å². The number of H-pyrrole nitrogens is 1. The Labute approximate surface area is 126 Å². The van der Waals surface area contributed by atoms with E-state index in [1.807, 2.05) is 0 Å². The highest BCUT2D eigenvalue weighted by Gasteiger charge is 2.23. The number of anilines is 1.